The van der Waals surface area contributed by atoms with Crippen LogP contribution in [0.25, 0.3) is 0 Å². The van der Waals surface area contributed by atoms with Gasteiger partial charge in [0.15, 0.2) is 6.61 Å². The number of ether oxygens (including phenoxy) is 1. The van der Waals surface area contributed by atoms with Gasteiger partial charge in [0.1, 0.15) is 11.5 Å². The molecule has 0 radical (unpaired) electrons. The highest BCUT2D eigenvalue weighted by Crippen LogP contribution is 2.28. The Morgan fingerprint density at radius 3 is 2.56 bits per heavy atom. The number of carbonyl (C=O) groups is 1. The van der Waals surface area contributed by atoms with Gasteiger partial charge in [-0.1, -0.05) is 32.0 Å². The van der Waals surface area contributed by atoms with Crippen LogP contribution in [0.2, 0.25) is 0 Å². The van der Waals surface area contributed by atoms with E-state index in [0.717, 1.165) is 23.3 Å². The highest BCUT2D eigenvalue weighted by molar-refractivity contribution is 5.99. The Hall–Kier alpha value is -2.82. The van der Waals surface area contributed by atoms with Crippen molar-refractivity contribution in [3.05, 3.63) is 59.7 Å². The highest BCUT2D eigenvalue weighted by atomic mass is 16.5. The SMILES string of the molecule is CCC(C)c1ccccc1OCC(=O)NN=C(C)c1ccc(O)cc1. The fourth-order valence-corrected chi connectivity index (χ4v) is 2.33. The topological polar surface area (TPSA) is 70.9 Å². The van der Waals surface area contributed by atoms with Crippen molar-refractivity contribution >= 4 is 11.6 Å². The number of nitrogens with one attached hydrogen (secondary N) is 1. The molecular formula is C20H24N2O3. The zero-order valence-electron chi connectivity index (χ0n) is 14.8. The van der Waals surface area contributed by atoms with Crippen LogP contribution in [0.15, 0.2) is 53.6 Å². The lowest BCUT2D eigenvalue weighted by atomic mass is 9.98. The number of phenols is 1. The number of nitrogens with zero attached hydrogens (tertiary/aromatic N) is 1. The fourth-order valence-electron chi connectivity index (χ4n) is 2.33. The van der Waals surface area contributed by atoms with E-state index in [1.807, 2.05) is 24.3 Å². The van der Waals surface area contributed by atoms with Crippen LogP contribution < -0.4 is 10.2 Å². The Bertz CT molecular complexity index is 739. The summed E-state index contributed by atoms with van der Waals surface area (Å²) in [5, 5.41) is 13.4. The summed E-state index contributed by atoms with van der Waals surface area (Å²) in [7, 11) is 0. The third kappa shape index (κ3) is 5.35. The third-order valence-electron chi connectivity index (χ3n) is 4.05. The minimum atomic E-state index is -0.322. The Kier molecular flexibility index (Phi) is 6.57. The van der Waals surface area contributed by atoms with Gasteiger partial charge in [-0.15, -0.1) is 0 Å². The molecule has 1 unspecified atom stereocenters. The lowest BCUT2D eigenvalue weighted by Crippen LogP contribution is -2.25. The number of hydrogen-bond donors (Lipinski definition) is 2. The van der Waals surface area contributed by atoms with Crippen molar-refractivity contribution < 1.29 is 14.6 Å². The van der Waals surface area contributed by atoms with E-state index in [2.05, 4.69) is 24.4 Å². The van der Waals surface area contributed by atoms with Crippen molar-refractivity contribution in [1.29, 1.82) is 0 Å². The molecule has 0 saturated heterocycles. The summed E-state index contributed by atoms with van der Waals surface area (Å²) < 4.78 is 5.66. The molecule has 5 heteroatoms. The van der Waals surface area contributed by atoms with E-state index in [-0.39, 0.29) is 18.3 Å². The van der Waals surface area contributed by atoms with Crippen LogP contribution in [0.1, 0.15) is 44.2 Å². The van der Waals surface area contributed by atoms with Crippen LogP contribution in [-0.2, 0) is 4.79 Å². The van der Waals surface area contributed by atoms with E-state index in [0.29, 0.717) is 11.6 Å². The molecule has 2 N–H and O–H groups in total. The Labute approximate surface area is 148 Å². The van der Waals surface area contributed by atoms with Crippen molar-refractivity contribution in [3.63, 3.8) is 0 Å². The molecule has 0 aliphatic carbocycles. The van der Waals surface area contributed by atoms with Crippen molar-refractivity contribution in [2.45, 2.75) is 33.1 Å². The predicted octanol–water partition coefficient (Wildman–Crippen LogP) is 3.82. The maximum absolute atomic E-state index is 12.0. The van der Waals surface area contributed by atoms with Crippen LogP contribution in [-0.4, -0.2) is 23.3 Å². The molecule has 2 aromatic rings. The van der Waals surface area contributed by atoms with Crippen LogP contribution in [0.3, 0.4) is 0 Å². The van der Waals surface area contributed by atoms with E-state index in [4.69, 9.17) is 4.74 Å². The smallest absolute Gasteiger partial charge is 0.277 e. The molecule has 0 aromatic heterocycles. The van der Waals surface area contributed by atoms with Gasteiger partial charge in [0, 0.05) is 0 Å². The summed E-state index contributed by atoms with van der Waals surface area (Å²) in [4.78, 5) is 12.0. The molecule has 0 aliphatic heterocycles. The molecule has 0 heterocycles. The number of phenolic OH excluding ortho intramolecular Hbond substituents is 1. The number of hydrogen-bond acceptors (Lipinski definition) is 4. The molecule has 2 rings (SSSR count). The number of carbonyl (C=O) groups excluding carboxylic acids is 1. The van der Waals surface area contributed by atoms with Gasteiger partial charge >= 0.3 is 0 Å². The number of para-hydroxylation sites is 1. The van der Waals surface area contributed by atoms with E-state index in [1.165, 1.54) is 0 Å². The molecule has 0 spiro atoms. The minimum absolute atomic E-state index is 0.0974. The van der Waals surface area contributed by atoms with Crippen LogP contribution >= 0.6 is 0 Å². The molecule has 0 aliphatic rings. The molecule has 0 saturated carbocycles. The van der Waals surface area contributed by atoms with Gasteiger partial charge in [0.2, 0.25) is 0 Å². The number of rotatable bonds is 7. The van der Waals surface area contributed by atoms with Gasteiger partial charge in [-0.3, -0.25) is 4.79 Å². The minimum Gasteiger partial charge on any atom is -0.508 e. The van der Waals surface area contributed by atoms with E-state index >= 15 is 0 Å². The van der Waals surface area contributed by atoms with E-state index in [9.17, 15) is 9.90 Å². The maximum atomic E-state index is 12.0. The largest absolute Gasteiger partial charge is 0.508 e. The molecule has 1 amide bonds. The molecule has 2 aromatic carbocycles. The van der Waals surface area contributed by atoms with Crippen LogP contribution in [0.5, 0.6) is 11.5 Å². The molecule has 0 fully saturated rings. The number of aromatic hydroxyl groups is 1. The summed E-state index contributed by atoms with van der Waals surface area (Å²) >= 11 is 0. The molecule has 0 bridgehead atoms. The van der Waals surface area contributed by atoms with Crippen molar-refractivity contribution in [1.82, 2.24) is 5.43 Å². The van der Waals surface area contributed by atoms with Gasteiger partial charge in [-0.2, -0.15) is 5.10 Å². The van der Waals surface area contributed by atoms with E-state index in [1.54, 1.807) is 31.2 Å². The molecule has 1 atom stereocenters. The fraction of sp³-hybridized carbons (Fsp3) is 0.300. The number of benzene rings is 2. The van der Waals surface area contributed by atoms with E-state index < -0.39 is 0 Å². The summed E-state index contributed by atoms with van der Waals surface area (Å²) in [5.74, 6) is 0.964. The first kappa shape index (κ1) is 18.5. The van der Waals surface area contributed by atoms with Crippen molar-refractivity contribution in [2.24, 2.45) is 5.10 Å². The van der Waals surface area contributed by atoms with Crippen LogP contribution in [0.4, 0.5) is 0 Å². The standard InChI is InChI=1S/C20H24N2O3/c1-4-14(2)18-7-5-6-8-19(18)25-13-20(24)22-21-15(3)16-9-11-17(23)12-10-16/h5-12,14,23H,4,13H2,1-3H3,(H,22,24). The normalized spacial score (nSPS) is 12.5. The van der Waals surface area contributed by atoms with Gasteiger partial charge in [0.05, 0.1) is 5.71 Å². The average molecular weight is 340 g/mol. The van der Waals surface area contributed by atoms with Gasteiger partial charge < -0.3 is 9.84 Å². The van der Waals surface area contributed by atoms with Crippen LogP contribution in [0, 0.1) is 0 Å². The third-order valence-corrected chi connectivity index (χ3v) is 4.05. The molecule has 25 heavy (non-hydrogen) atoms. The second-order valence-electron chi connectivity index (χ2n) is 5.91. The summed E-state index contributed by atoms with van der Waals surface area (Å²) in [6, 6.07) is 14.4. The lowest BCUT2D eigenvalue weighted by Gasteiger charge is -2.15. The predicted molar refractivity (Wildman–Crippen MR) is 99.1 cm³/mol. The first-order valence-electron chi connectivity index (χ1n) is 8.35. The highest BCUT2D eigenvalue weighted by Gasteiger charge is 2.11. The summed E-state index contributed by atoms with van der Waals surface area (Å²) in [6.45, 7) is 5.94. The zero-order chi connectivity index (χ0) is 18.2. The number of amides is 1. The first-order valence-corrected chi connectivity index (χ1v) is 8.35. The van der Waals surface area contributed by atoms with Gasteiger partial charge in [-0.05, 0) is 60.7 Å². The monoisotopic (exact) mass is 340 g/mol. The Balaban J connectivity index is 1.93. The Morgan fingerprint density at radius 2 is 1.88 bits per heavy atom. The molecule has 5 nitrogen and oxygen atoms in total. The second-order valence-corrected chi connectivity index (χ2v) is 5.91. The average Bonchev–Trinajstić information content (AvgIpc) is 2.64. The first-order chi connectivity index (χ1) is 12.0. The Morgan fingerprint density at radius 1 is 1.20 bits per heavy atom. The van der Waals surface area contributed by atoms with Crippen molar-refractivity contribution in [3.8, 4) is 11.5 Å². The summed E-state index contributed by atoms with van der Waals surface area (Å²) in [6.07, 6.45) is 1.00. The van der Waals surface area contributed by atoms with Crippen molar-refractivity contribution in [2.75, 3.05) is 6.61 Å². The van der Waals surface area contributed by atoms with Gasteiger partial charge in [0.25, 0.3) is 5.91 Å². The lowest BCUT2D eigenvalue weighted by molar-refractivity contribution is -0.123. The molecular weight excluding hydrogens is 316 g/mol. The second kappa shape index (κ2) is 8.87. The maximum Gasteiger partial charge on any atom is 0.277 e. The number of hydrazone groups is 1. The summed E-state index contributed by atoms with van der Waals surface area (Å²) in [5.41, 5.74) is 5.06. The quantitative estimate of drug-likeness (QED) is 0.594. The van der Waals surface area contributed by atoms with Gasteiger partial charge in [-0.25, -0.2) is 5.43 Å². The molecule has 132 valence electrons. The zero-order valence-corrected chi connectivity index (χ0v) is 14.8.